The summed E-state index contributed by atoms with van der Waals surface area (Å²) in [5.41, 5.74) is 0. The van der Waals surface area contributed by atoms with Gasteiger partial charge in [-0.25, -0.2) is 4.79 Å². The van der Waals surface area contributed by atoms with Crippen LogP contribution in [0.25, 0.3) is 0 Å². The van der Waals surface area contributed by atoms with Gasteiger partial charge in [0.05, 0.1) is 19.5 Å². The molecule has 1 N–H and O–H groups in total. The molecule has 0 aliphatic carbocycles. The molecule has 1 aliphatic rings. The molecule has 0 aromatic carbocycles. The van der Waals surface area contributed by atoms with Crippen LogP contribution >= 0.6 is 0 Å². The smallest absolute Gasteiger partial charge is 0.341 e. The molecule has 1 atom stereocenters. The average molecular weight is 209 g/mol. The quantitative estimate of drug-likeness (QED) is 0.556. The number of hydrogen-bond acceptors (Lipinski definition) is 6. The third kappa shape index (κ3) is 3.71. The Balaban J connectivity index is 2.47. The van der Waals surface area contributed by atoms with Crippen molar-refractivity contribution in [3.05, 3.63) is 0 Å². The van der Waals surface area contributed by atoms with E-state index in [2.05, 4.69) is 9.50 Å². The molecule has 1 heterocycles. The van der Waals surface area contributed by atoms with Gasteiger partial charge in [-0.1, -0.05) is 0 Å². The standard InChI is InChI=1S/C6H11NO5S/c1-13(9,10)12-6(8)5-4-11-3-2-7-5/h5,7H,2-4H2,1H3. The van der Waals surface area contributed by atoms with E-state index in [1.165, 1.54) is 0 Å². The van der Waals surface area contributed by atoms with Gasteiger partial charge < -0.3 is 14.2 Å². The Bertz CT molecular complexity index is 279. The lowest BCUT2D eigenvalue weighted by Gasteiger charge is -2.21. The van der Waals surface area contributed by atoms with Gasteiger partial charge in [0.15, 0.2) is 0 Å². The molecular weight excluding hydrogens is 198 g/mol. The van der Waals surface area contributed by atoms with Crippen LogP contribution in [0.3, 0.4) is 0 Å². The summed E-state index contributed by atoms with van der Waals surface area (Å²) in [5.74, 6) is -0.817. The first-order chi connectivity index (χ1) is 5.99. The van der Waals surface area contributed by atoms with Crippen LogP contribution in [0.5, 0.6) is 0 Å². The van der Waals surface area contributed by atoms with Gasteiger partial charge in [0, 0.05) is 6.54 Å². The second kappa shape index (κ2) is 4.03. The van der Waals surface area contributed by atoms with Gasteiger partial charge in [-0.2, -0.15) is 8.42 Å². The molecular formula is C6H11NO5S. The minimum atomic E-state index is -3.72. The molecule has 0 spiro atoms. The molecule has 1 saturated heterocycles. The van der Waals surface area contributed by atoms with Crippen LogP contribution < -0.4 is 5.32 Å². The van der Waals surface area contributed by atoms with Gasteiger partial charge in [-0.15, -0.1) is 0 Å². The van der Waals surface area contributed by atoms with Crippen LogP contribution in [0.15, 0.2) is 0 Å². The summed E-state index contributed by atoms with van der Waals surface area (Å²) in [7, 11) is -3.72. The molecule has 6 nitrogen and oxygen atoms in total. The fourth-order valence-corrected chi connectivity index (χ4v) is 1.34. The molecule has 1 fully saturated rings. The topological polar surface area (TPSA) is 81.7 Å². The predicted octanol–water partition coefficient (Wildman–Crippen LogP) is -1.52. The van der Waals surface area contributed by atoms with E-state index in [-0.39, 0.29) is 6.61 Å². The molecule has 13 heavy (non-hydrogen) atoms. The zero-order valence-electron chi connectivity index (χ0n) is 7.15. The van der Waals surface area contributed by atoms with E-state index < -0.39 is 22.1 Å². The number of hydrogen-bond donors (Lipinski definition) is 1. The Hall–Kier alpha value is -0.660. The van der Waals surface area contributed by atoms with Gasteiger partial charge in [0.1, 0.15) is 6.04 Å². The van der Waals surface area contributed by atoms with Gasteiger partial charge in [-0.05, 0) is 0 Å². The Morgan fingerprint density at radius 2 is 2.31 bits per heavy atom. The first kappa shape index (κ1) is 10.4. The van der Waals surface area contributed by atoms with Crippen LogP contribution in [0, 0.1) is 0 Å². The van der Waals surface area contributed by atoms with Crippen LogP contribution in [0.4, 0.5) is 0 Å². The van der Waals surface area contributed by atoms with E-state index in [0.29, 0.717) is 13.2 Å². The van der Waals surface area contributed by atoms with Crippen molar-refractivity contribution in [2.24, 2.45) is 0 Å². The van der Waals surface area contributed by atoms with Crippen molar-refractivity contribution in [3.8, 4) is 0 Å². The monoisotopic (exact) mass is 209 g/mol. The molecule has 0 radical (unpaired) electrons. The summed E-state index contributed by atoms with van der Waals surface area (Å²) in [5, 5.41) is 2.78. The molecule has 76 valence electrons. The van der Waals surface area contributed by atoms with Crippen LogP contribution in [0.1, 0.15) is 0 Å². The van der Waals surface area contributed by atoms with Crippen molar-refractivity contribution < 1.29 is 22.1 Å². The van der Waals surface area contributed by atoms with E-state index in [4.69, 9.17) is 4.74 Å². The minimum Gasteiger partial charge on any atom is -0.378 e. The van der Waals surface area contributed by atoms with Crippen LogP contribution in [0.2, 0.25) is 0 Å². The molecule has 0 bridgehead atoms. The maximum Gasteiger partial charge on any atom is 0.341 e. The lowest BCUT2D eigenvalue weighted by atomic mass is 10.3. The first-order valence-electron chi connectivity index (χ1n) is 3.73. The normalized spacial score (nSPS) is 23.9. The molecule has 7 heteroatoms. The summed E-state index contributed by atoms with van der Waals surface area (Å²) in [6.45, 7) is 1.18. The fourth-order valence-electron chi connectivity index (χ4n) is 0.924. The highest BCUT2D eigenvalue weighted by Crippen LogP contribution is 1.98. The molecule has 1 rings (SSSR count). The SMILES string of the molecule is CS(=O)(=O)OC(=O)C1COCCN1. The zero-order chi connectivity index (χ0) is 9.90. The predicted molar refractivity (Wildman–Crippen MR) is 43.5 cm³/mol. The fraction of sp³-hybridized carbons (Fsp3) is 0.833. The summed E-state index contributed by atoms with van der Waals surface area (Å²) in [6.07, 6.45) is 0.828. The highest BCUT2D eigenvalue weighted by molar-refractivity contribution is 7.86. The molecule has 0 saturated carbocycles. The Morgan fingerprint density at radius 1 is 1.62 bits per heavy atom. The van der Waals surface area contributed by atoms with E-state index in [9.17, 15) is 13.2 Å². The molecule has 0 aromatic rings. The molecule has 1 unspecified atom stereocenters. The summed E-state index contributed by atoms with van der Waals surface area (Å²) in [6, 6.07) is -0.677. The summed E-state index contributed by atoms with van der Waals surface area (Å²) >= 11 is 0. The molecule has 1 aliphatic heterocycles. The first-order valence-corrected chi connectivity index (χ1v) is 5.55. The Kier molecular flexibility index (Phi) is 3.23. The lowest BCUT2D eigenvalue weighted by Crippen LogP contribution is -2.47. The van der Waals surface area contributed by atoms with Crippen molar-refractivity contribution in [3.63, 3.8) is 0 Å². The van der Waals surface area contributed by atoms with Gasteiger partial charge in [0.2, 0.25) is 0 Å². The van der Waals surface area contributed by atoms with Gasteiger partial charge in [0.25, 0.3) is 0 Å². The Labute approximate surface area is 76.3 Å². The van der Waals surface area contributed by atoms with Crippen LogP contribution in [-0.2, 0) is 23.8 Å². The number of carbonyl (C=O) groups excluding carboxylic acids is 1. The highest BCUT2D eigenvalue weighted by atomic mass is 32.2. The molecule has 0 amide bonds. The van der Waals surface area contributed by atoms with Crippen molar-refractivity contribution in [2.45, 2.75) is 6.04 Å². The second-order valence-electron chi connectivity index (χ2n) is 2.69. The highest BCUT2D eigenvalue weighted by Gasteiger charge is 2.25. The van der Waals surface area contributed by atoms with E-state index in [0.717, 1.165) is 6.26 Å². The second-order valence-corrected chi connectivity index (χ2v) is 4.26. The number of morpholine rings is 1. The third-order valence-electron chi connectivity index (χ3n) is 1.44. The number of nitrogens with one attached hydrogen (secondary N) is 1. The third-order valence-corrected chi connectivity index (χ3v) is 1.91. The Morgan fingerprint density at radius 3 is 2.77 bits per heavy atom. The van der Waals surface area contributed by atoms with Crippen LogP contribution in [-0.4, -0.2) is 46.4 Å². The zero-order valence-corrected chi connectivity index (χ0v) is 7.96. The van der Waals surface area contributed by atoms with E-state index in [1.807, 2.05) is 0 Å². The summed E-state index contributed by atoms with van der Waals surface area (Å²) < 4.78 is 30.3. The van der Waals surface area contributed by atoms with E-state index in [1.54, 1.807) is 0 Å². The number of ether oxygens (including phenoxy) is 1. The van der Waals surface area contributed by atoms with Crippen molar-refractivity contribution in [2.75, 3.05) is 26.0 Å². The van der Waals surface area contributed by atoms with Crippen molar-refractivity contribution in [1.29, 1.82) is 0 Å². The number of rotatable bonds is 2. The van der Waals surface area contributed by atoms with Gasteiger partial charge >= 0.3 is 16.1 Å². The van der Waals surface area contributed by atoms with Crippen molar-refractivity contribution in [1.82, 2.24) is 5.32 Å². The van der Waals surface area contributed by atoms with Crippen molar-refractivity contribution >= 4 is 16.1 Å². The number of carbonyl (C=O) groups is 1. The molecule has 0 aromatic heterocycles. The maximum atomic E-state index is 11.1. The maximum absolute atomic E-state index is 11.1. The minimum absolute atomic E-state index is 0.147. The summed E-state index contributed by atoms with van der Waals surface area (Å²) in [4.78, 5) is 11.1. The van der Waals surface area contributed by atoms with E-state index >= 15 is 0 Å². The van der Waals surface area contributed by atoms with Gasteiger partial charge in [-0.3, -0.25) is 0 Å². The average Bonchev–Trinajstić information content (AvgIpc) is 2.03. The largest absolute Gasteiger partial charge is 0.378 e. The lowest BCUT2D eigenvalue weighted by molar-refractivity contribution is -0.139.